The number of carbonyl (C=O) groups is 1. The van der Waals surface area contributed by atoms with Crippen LogP contribution >= 0.6 is 11.3 Å². The zero-order valence-electron chi connectivity index (χ0n) is 28.2. The highest BCUT2D eigenvalue weighted by atomic mass is 32.1. The van der Waals surface area contributed by atoms with Crippen LogP contribution in [0.1, 0.15) is 51.2 Å². The molecular formula is C36H33F6N5O4S. The number of fused-ring (bicyclic) bond motifs is 3. The monoisotopic (exact) mass is 745 g/mol. The van der Waals surface area contributed by atoms with E-state index in [-0.39, 0.29) is 58.8 Å². The topological polar surface area (TPSA) is 98.7 Å². The molecule has 1 unspecified atom stereocenters. The van der Waals surface area contributed by atoms with Crippen LogP contribution in [0, 0.1) is 11.6 Å². The molecule has 2 aromatic heterocycles. The van der Waals surface area contributed by atoms with E-state index in [0.29, 0.717) is 35.9 Å². The lowest BCUT2D eigenvalue weighted by Gasteiger charge is -2.30. The van der Waals surface area contributed by atoms with E-state index in [1.54, 1.807) is 51.1 Å². The van der Waals surface area contributed by atoms with Crippen LogP contribution in [0.5, 0.6) is 11.9 Å². The van der Waals surface area contributed by atoms with Crippen LogP contribution in [0.4, 0.5) is 36.3 Å². The number of ether oxygens (including phenoxy) is 3. The largest absolute Gasteiger partial charge is 0.472 e. The van der Waals surface area contributed by atoms with E-state index in [1.807, 2.05) is 4.90 Å². The Bertz CT molecular complexity index is 2160. The summed E-state index contributed by atoms with van der Waals surface area (Å²) in [5.41, 5.74) is -4.48. The second-order valence-electron chi connectivity index (χ2n) is 13.9. The fraction of sp³-hybridized carbons (Fsp3) is 0.389. The first-order chi connectivity index (χ1) is 24.6. The second-order valence-corrected chi connectivity index (χ2v) is 14.9. The summed E-state index contributed by atoms with van der Waals surface area (Å²) in [6, 6.07) is 11.0. The quantitative estimate of drug-likeness (QED) is 0.157. The van der Waals surface area contributed by atoms with Gasteiger partial charge in [-0.05, 0) is 63.9 Å². The Hall–Kier alpha value is -4.70. The molecule has 7 rings (SSSR count). The molecule has 1 N–H and O–H groups in total. The fourth-order valence-electron chi connectivity index (χ4n) is 6.84. The molecule has 2 fully saturated rings. The van der Waals surface area contributed by atoms with Crippen molar-refractivity contribution in [1.82, 2.24) is 19.9 Å². The van der Waals surface area contributed by atoms with E-state index >= 15 is 8.78 Å². The summed E-state index contributed by atoms with van der Waals surface area (Å²) >= 11 is 0.647. The number of alkyl halides is 4. The molecular weight excluding hydrogens is 712 g/mol. The number of thiazole rings is 1. The van der Waals surface area contributed by atoms with Crippen molar-refractivity contribution in [2.75, 3.05) is 25.0 Å². The molecule has 0 radical (unpaired) electrons. The number of amides is 1. The first-order valence-electron chi connectivity index (χ1n) is 16.5. The van der Waals surface area contributed by atoms with Gasteiger partial charge in [0.1, 0.15) is 36.3 Å². The summed E-state index contributed by atoms with van der Waals surface area (Å²) in [5.74, 6) is -2.62. The van der Waals surface area contributed by atoms with Crippen LogP contribution in [0.2, 0.25) is 0 Å². The molecule has 0 aliphatic carbocycles. The normalized spacial score (nSPS) is 19.3. The van der Waals surface area contributed by atoms with E-state index in [0.717, 1.165) is 18.6 Å². The number of anilines is 1. The molecule has 2 saturated heterocycles. The number of carbonyl (C=O) groups excluding carboxylic acids is 1. The Kier molecular flexibility index (Phi) is 9.18. The van der Waals surface area contributed by atoms with E-state index in [9.17, 15) is 22.4 Å². The van der Waals surface area contributed by atoms with Crippen molar-refractivity contribution in [3.8, 4) is 23.0 Å². The molecule has 52 heavy (non-hydrogen) atoms. The van der Waals surface area contributed by atoms with E-state index < -0.39 is 63.4 Å². The predicted octanol–water partition coefficient (Wildman–Crippen LogP) is 9.08. The molecule has 3 aromatic carbocycles. The number of benzene rings is 3. The second kappa shape index (κ2) is 13.4. The van der Waals surface area contributed by atoms with E-state index in [1.165, 1.54) is 0 Å². The maximum atomic E-state index is 16.9. The molecule has 274 valence electrons. The molecule has 0 saturated carbocycles. The van der Waals surface area contributed by atoms with Gasteiger partial charge in [-0.25, -0.2) is 22.9 Å². The summed E-state index contributed by atoms with van der Waals surface area (Å²) in [7, 11) is 0. The van der Waals surface area contributed by atoms with Crippen molar-refractivity contribution in [2.24, 2.45) is 0 Å². The van der Waals surface area contributed by atoms with Gasteiger partial charge in [0.2, 0.25) is 5.88 Å². The van der Waals surface area contributed by atoms with Crippen LogP contribution in [-0.2, 0) is 17.5 Å². The van der Waals surface area contributed by atoms with Crippen LogP contribution in [0.25, 0.3) is 32.2 Å². The maximum absolute atomic E-state index is 16.9. The Labute approximate surface area is 297 Å². The van der Waals surface area contributed by atoms with Crippen LogP contribution < -0.4 is 14.8 Å². The number of halogens is 6. The third kappa shape index (κ3) is 7.05. The zero-order chi connectivity index (χ0) is 37.0. The average Bonchev–Trinajstić information content (AvgIpc) is 3.75. The highest BCUT2D eigenvalue weighted by Crippen LogP contribution is 2.46. The van der Waals surface area contributed by atoms with Gasteiger partial charge in [0.25, 0.3) is 0 Å². The van der Waals surface area contributed by atoms with Gasteiger partial charge in [0.05, 0.1) is 26.7 Å². The van der Waals surface area contributed by atoms with Crippen LogP contribution in [0.3, 0.4) is 0 Å². The Morgan fingerprint density at radius 2 is 1.81 bits per heavy atom. The van der Waals surface area contributed by atoms with Gasteiger partial charge in [0.15, 0.2) is 10.9 Å². The first-order valence-corrected chi connectivity index (χ1v) is 17.3. The summed E-state index contributed by atoms with van der Waals surface area (Å²) in [4.78, 5) is 27.1. The minimum Gasteiger partial charge on any atom is -0.472 e. The van der Waals surface area contributed by atoms with E-state index in [2.05, 4.69) is 20.3 Å². The van der Waals surface area contributed by atoms with Crippen molar-refractivity contribution in [1.29, 1.82) is 0 Å². The van der Waals surface area contributed by atoms with Gasteiger partial charge in [-0.15, -0.1) is 0 Å². The molecule has 16 heteroatoms. The third-order valence-electron chi connectivity index (χ3n) is 9.00. The summed E-state index contributed by atoms with van der Waals surface area (Å²) < 4.78 is 108. The maximum Gasteiger partial charge on any atom is 0.417 e. The smallest absolute Gasteiger partial charge is 0.417 e. The molecule has 0 bridgehead atoms. The van der Waals surface area contributed by atoms with Gasteiger partial charge in [0, 0.05) is 24.1 Å². The third-order valence-corrected chi connectivity index (χ3v) is 9.98. The van der Waals surface area contributed by atoms with Gasteiger partial charge < -0.3 is 14.2 Å². The lowest BCUT2D eigenvalue weighted by Crippen LogP contribution is -2.43. The molecule has 2 aliphatic heterocycles. The molecule has 1 amide bonds. The Balaban J connectivity index is 1.36. The number of hydrogen-bond donors (Lipinski definition) is 1. The molecule has 4 heterocycles. The highest BCUT2D eigenvalue weighted by Gasteiger charge is 2.49. The predicted molar refractivity (Wildman–Crippen MR) is 182 cm³/mol. The molecule has 5 aromatic rings. The fourth-order valence-corrected chi connectivity index (χ4v) is 7.72. The highest BCUT2D eigenvalue weighted by molar-refractivity contribution is 7.22. The Morgan fingerprint density at radius 1 is 1.04 bits per heavy atom. The molecule has 2 atom stereocenters. The zero-order valence-corrected chi connectivity index (χ0v) is 29.1. The molecule has 9 nitrogen and oxygen atoms in total. The lowest BCUT2D eigenvalue weighted by atomic mass is 9.95. The molecule has 2 aliphatic rings. The van der Waals surface area contributed by atoms with Gasteiger partial charge in [-0.3, -0.25) is 10.2 Å². The van der Waals surface area contributed by atoms with Gasteiger partial charge in [-0.1, -0.05) is 41.7 Å². The van der Waals surface area contributed by atoms with Gasteiger partial charge in [-0.2, -0.15) is 23.1 Å². The number of hydrogen-bond acceptors (Lipinski definition) is 9. The summed E-state index contributed by atoms with van der Waals surface area (Å²) in [6.45, 7) is 5.66. The van der Waals surface area contributed by atoms with Crippen molar-refractivity contribution < 1.29 is 45.3 Å². The van der Waals surface area contributed by atoms with Crippen LogP contribution in [0.15, 0.2) is 48.5 Å². The first kappa shape index (κ1) is 35.7. The number of nitrogens with one attached hydrogen (secondary N) is 1. The number of nitrogens with zero attached hydrogens (tertiary/aromatic N) is 4. The minimum atomic E-state index is -5.12. The number of rotatable bonds is 8. The average molecular weight is 746 g/mol. The van der Waals surface area contributed by atoms with Crippen molar-refractivity contribution in [3.05, 3.63) is 71.3 Å². The standard InChI is InChI=1S/C36H33F6N5O4S/c1-34(2,3)51-33(48)46-32-44-28-21(10-11-24(38)29(28)52-32)25-23(36(40,41)42)14-22-27(26(25)39)43-31(45-30(22)49-17-19-8-5-4-6-9-19)50-18-35-12-7-13-47(35)16-20(37)15-35/h4-6,8-11,14,20H,7,12-13,15-18H2,1-3H3,(H,44,46,48)/t20-,35?/m1/s1. The summed E-state index contributed by atoms with van der Waals surface area (Å²) in [5, 5.41) is 1.80. The Morgan fingerprint density at radius 3 is 2.54 bits per heavy atom. The van der Waals surface area contributed by atoms with E-state index in [4.69, 9.17) is 14.2 Å². The summed E-state index contributed by atoms with van der Waals surface area (Å²) in [6.07, 6.45) is -5.38. The van der Waals surface area contributed by atoms with Crippen molar-refractivity contribution >= 4 is 43.7 Å². The molecule has 0 spiro atoms. The van der Waals surface area contributed by atoms with Crippen LogP contribution in [-0.4, -0.2) is 63.0 Å². The van der Waals surface area contributed by atoms with Crippen molar-refractivity contribution in [2.45, 2.75) is 70.1 Å². The van der Waals surface area contributed by atoms with Gasteiger partial charge >= 0.3 is 18.3 Å². The minimum absolute atomic E-state index is 0.0308. The lowest BCUT2D eigenvalue weighted by molar-refractivity contribution is -0.137. The van der Waals surface area contributed by atoms with Crippen molar-refractivity contribution in [3.63, 3.8) is 0 Å². The number of aromatic nitrogens is 3. The SMILES string of the molecule is CC(C)(C)OC(=O)Nc1nc2c(-c3c(C(F)(F)F)cc4c(OCc5ccccc5)nc(OCC56CCCN5C[C@H](F)C6)nc4c3F)ccc(F)c2s1.